The highest BCUT2D eigenvalue weighted by Crippen LogP contribution is 2.24. The summed E-state index contributed by atoms with van der Waals surface area (Å²) >= 11 is 0. The number of sulfonamides is 1. The van der Waals surface area contributed by atoms with Crippen molar-refractivity contribution in [2.75, 3.05) is 28.9 Å². The molecule has 34 heavy (non-hydrogen) atoms. The Morgan fingerprint density at radius 3 is 2.12 bits per heavy atom. The van der Waals surface area contributed by atoms with Crippen molar-refractivity contribution in [1.82, 2.24) is 0 Å². The number of para-hydroxylation sites is 2. The second-order valence-electron chi connectivity index (χ2n) is 7.08. The zero-order chi connectivity index (χ0) is 24.6. The summed E-state index contributed by atoms with van der Waals surface area (Å²) in [4.78, 5) is 26.3. The molecule has 0 unspecified atom stereocenters. The first-order valence-corrected chi connectivity index (χ1v) is 11.9. The summed E-state index contributed by atoms with van der Waals surface area (Å²) in [5, 5.41) is 9.04. The van der Waals surface area contributed by atoms with E-state index in [9.17, 15) is 18.0 Å². The van der Waals surface area contributed by atoms with E-state index >= 15 is 0 Å². The summed E-state index contributed by atoms with van der Waals surface area (Å²) in [6.07, 6.45) is 0. The van der Waals surface area contributed by atoms with Crippen molar-refractivity contribution < 1.29 is 22.7 Å². The zero-order valence-electron chi connectivity index (χ0n) is 18.5. The predicted octanol–water partition coefficient (Wildman–Crippen LogP) is 3.62. The normalized spacial score (nSPS) is 10.7. The summed E-state index contributed by atoms with van der Waals surface area (Å²) < 4.78 is 32.8. The molecule has 3 aromatic carbocycles. The van der Waals surface area contributed by atoms with Crippen molar-refractivity contribution in [3.05, 3.63) is 90.5 Å². The van der Waals surface area contributed by atoms with Crippen LogP contribution < -0.4 is 9.21 Å². The Balaban J connectivity index is 1.76. The van der Waals surface area contributed by atoms with Crippen LogP contribution in [0.4, 0.5) is 11.4 Å². The van der Waals surface area contributed by atoms with E-state index in [-0.39, 0.29) is 23.5 Å². The number of ether oxygens (including phenoxy) is 1. The van der Waals surface area contributed by atoms with E-state index < -0.39 is 28.5 Å². The van der Waals surface area contributed by atoms with Gasteiger partial charge in [-0.1, -0.05) is 42.5 Å². The highest BCUT2D eigenvalue weighted by molar-refractivity contribution is 7.92. The maximum absolute atomic E-state index is 13.2. The van der Waals surface area contributed by atoms with Crippen LogP contribution in [0.25, 0.3) is 0 Å². The van der Waals surface area contributed by atoms with Crippen LogP contribution in [0.5, 0.6) is 0 Å². The van der Waals surface area contributed by atoms with E-state index in [1.165, 1.54) is 33.5 Å². The molecule has 0 saturated heterocycles. The number of anilines is 2. The maximum atomic E-state index is 13.2. The molecule has 0 aliphatic carbocycles. The standard InChI is InChI=1S/C25H23N3O5S/c1-2-28(22-13-7-4-8-14-22)34(31,32)23-15-9-10-20(18-23)25(30)33-19-24(29)27(17-16-26)21-11-5-3-6-12-21/h3-15,18H,2,17,19H2,1H3. The molecule has 0 N–H and O–H groups in total. The minimum Gasteiger partial charge on any atom is -0.452 e. The first-order valence-electron chi connectivity index (χ1n) is 10.5. The van der Waals surface area contributed by atoms with Gasteiger partial charge < -0.3 is 4.74 Å². The molecule has 0 bridgehead atoms. The summed E-state index contributed by atoms with van der Waals surface area (Å²) in [7, 11) is -3.93. The molecule has 0 aliphatic heterocycles. The molecule has 0 atom stereocenters. The van der Waals surface area contributed by atoms with Crippen LogP contribution in [-0.2, 0) is 19.6 Å². The fourth-order valence-corrected chi connectivity index (χ4v) is 4.81. The summed E-state index contributed by atoms with van der Waals surface area (Å²) in [5.74, 6) is -1.43. The van der Waals surface area contributed by atoms with Gasteiger partial charge in [0.2, 0.25) is 0 Å². The van der Waals surface area contributed by atoms with Crippen LogP contribution in [0.2, 0.25) is 0 Å². The molecule has 0 radical (unpaired) electrons. The topological polar surface area (TPSA) is 108 Å². The third-order valence-corrected chi connectivity index (χ3v) is 6.81. The average Bonchev–Trinajstić information content (AvgIpc) is 2.87. The minimum atomic E-state index is -3.93. The van der Waals surface area contributed by atoms with Crippen LogP contribution >= 0.6 is 0 Å². The number of hydrogen-bond acceptors (Lipinski definition) is 6. The zero-order valence-corrected chi connectivity index (χ0v) is 19.3. The molecule has 0 aliphatic rings. The summed E-state index contributed by atoms with van der Waals surface area (Å²) in [6, 6.07) is 24.6. The van der Waals surface area contributed by atoms with Gasteiger partial charge in [-0.2, -0.15) is 5.26 Å². The molecule has 0 saturated carbocycles. The van der Waals surface area contributed by atoms with Crippen molar-refractivity contribution in [1.29, 1.82) is 5.26 Å². The Hall–Kier alpha value is -4.16. The van der Waals surface area contributed by atoms with Crippen LogP contribution in [0.1, 0.15) is 17.3 Å². The minimum absolute atomic E-state index is 0.00969. The van der Waals surface area contributed by atoms with Gasteiger partial charge >= 0.3 is 5.97 Å². The van der Waals surface area contributed by atoms with Gasteiger partial charge in [0.1, 0.15) is 6.54 Å². The van der Waals surface area contributed by atoms with Crippen molar-refractivity contribution in [3.63, 3.8) is 0 Å². The fourth-order valence-electron chi connectivity index (χ4n) is 3.29. The molecule has 0 spiro atoms. The quantitative estimate of drug-likeness (QED) is 0.344. The van der Waals surface area contributed by atoms with E-state index in [2.05, 4.69) is 0 Å². The van der Waals surface area contributed by atoms with Gasteiger partial charge in [0.05, 0.1) is 22.2 Å². The van der Waals surface area contributed by atoms with Crippen LogP contribution in [0, 0.1) is 11.3 Å². The number of esters is 1. The van der Waals surface area contributed by atoms with E-state index in [0.29, 0.717) is 11.4 Å². The molecule has 3 aromatic rings. The number of nitrogens with zero attached hydrogens (tertiary/aromatic N) is 3. The fraction of sp³-hybridized carbons (Fsp3) is 0.160. The lowest BCUT2D eigenvalue weighted by atomic mass is 10.2. The lowest BCUT2D eigenvalue weighted by Gasteiger charge is -2.23. The molecule has 0 aromatic heterocycles. The van der Waals surface area contributed by atoms with E-state index in [4.69, 9.17) is 10.00 Å². The molecular formula is C25H23N3O5S. The van der Waals surface area contributed by atoms with Gasteiger partial charge in [-0.3, -0.25) is 14.0 Å². The first kappa shape index (κ1) is 24.5. The monoisotopic (exact) mass is 477 g/mol. The lowest BCUT2D eigenvalue weighted by Crippen LogP contribution is -2.35. The van der Waals surface area contributed by atoms with Gasteiger partial charge in [0.15, 0.2) is 6.61 Å². The molecule has 0 fully saturated rings. The van der Waals surface area contributed by atoms with Gasteiger partial charge in [-0.05, 0) is 49.4 Å². The molecule has 8 nitrogen and oxygen atoms in total. The Kier molecular flexibility index (Phi) is 8.01. The van der Waals surface area contributed by atoms with Crippen LogP contribution in [0.3, 0.4) is 0 Å². The van der Waals surface area contributed by atoms with E-state index in [1.807, 2.05) is 6.07 Å². The number of nitriles is 1. The first-order chi connectivity index (χ1) is 16.4. The third kappa shape index (κ3) is 5.60. The predicted molar refractivity (Wildman–Crippen MR) is 128 cm³/mol. The van der Waals surface area contributed by atoms with E-state index in [1.54, 1.807) is 67.6 Å². The van der Waals surface area contributed by atoms with Gasteiger partial charge in [-0.15, -0.1) is 0 Å². The lowest BCUT2D eigenvalue weighted by molar-refractivity contribution is -0.121. The summed E-state index contributed by atoms with van der Waals surface area (Å²) in [5.41, 5.74) is 0.991. The molecule has 1 amide bonds. The highest BCUT2D eigenvalue weighted by Gasteiger charge is 2.25. The largest absolute Gasteiger partial charge is 0.452 e. The van der Waals surface area contributed by atoms with Crippen molar-refractivity contribution in [2.45, 2.75) is 11.8 Å². The Bertz CT molecular complexity index is 1290. The SMILES string of the molecule is CCN(c1ccccc1)S(=O)(=O)c1cccc(C(=O)OCC(=O)N(CC#N)c2ccccc2)c1. The molecular weight excluding hydrogens is 454 g/mol. The number of hydrogen-bond donors (Lipinski definition) is 0. The summed E-state index contributed by atoms with van der Waals surface area (Å²) in [6.45, 7) is 1.11. The van der Waals surface area contributed by atoms with Gasteiger partial charge in [-0.25, -0.2) is 13.2 Å². The second-order valence-corrected chi connectivity index (χ2v) is 8.95. The number of carbonyl (C=O) groups is 2. The Labute approximate surface area is 198 Å². The van der Waals surface area contributed by atoms with Crippen LogP contribution in [-0.4, -0.2) is 40.0 Å². The van der Waals surface area contributed by atoms with Crippen LogP contribution in [0.15, 0.2) is 89.8 Å². The Morgan fingerprint density at radius 2 is 1.53 bits per heavy atom. The number of amides is 1. The average molecular weight is 478 g/mol. The van der Waals surface area contributed by atoms with Gasteiger partial charge in [0.25, 0.3) is 15.9 Å². The van der Waals surface area contributed by atoms with Crippen molar-refractivity contribution >= 4 is 33.3 Å². The molecule has 3 rings (SSSR count). The second kappa shape index (κ2) is 11.1. The Morgan fingerprint density at radius 1 is 0.912 bits per heavy atom. The van der Waals surface area contributed by atoms with Crippen molar-refractivity contribution in [2.24, 2.45) is 0 Å². The smallest absolute Gasteiger partial charge is 0.338 e. The number of rotatable bonds is 9. The van der Waals surface area contributed by atoms with Gasteiger partial charge in [0, 0.05) is 12.2 Å². The maximum Gasteiger partial charge on any atom is 0.338 e. The van der Waals surface area contributed by atoms with Crippen molar-refractivity contribution in [3.8, 4) is 6.07 Å². The van der Waals surface area contributed by atoms with E-state index in [0.717, 1.165) is 0 Å². The number of benzene rings is 3. The highest BCUT2D eigenvalue weighted by atomic mass is 32.2. The molecule has 0 heterocycles. The molecule has 174 valence electrons. The third-order valence-electron chi connectivity index (χ3n) is 4.91. The number of carbonyl (C=O) groups excluding carboxylic acids is 2. The molecule has 9 heteroatoms.